The third-order valence-corrected chi connectivity index (χ3v) is 22.6. The smallest absolute Gasteiger partial charge is 0.148 e. The Kier molecular flexibility index (Phi) is 19.9. The van der Waals surface area contributed by atoms with Crippen LogP contribution in [0.1, 0.15) is 129 Å². The van der Waals surface area contributed by atoms with E-state index in [0.717, 1.165) is 100 Å². The molecule has 0 unspecified atom stereocenters. The first kappa shape index (κ1) is 76.2. The average molecular weight is 1820 g/mol. The molecule has 0 aliphatic heterocycles. The number of phenols is 2. The number of benzene rings is 12. The maximum Gasteiger partial charge on any atom is 0.148 e. The summed E-state index contributed by atoms with van der Waals surface area (Å²) in [6.45, 7) is 29.4. The van der Waals surface area contributed by atoms with Crippen molar-refractivity contribution in [1.29, 1.82) is 0 Å². The Balaban J connectivity index is 0.000000174. The Morgan fingerprint density at radius 1 is 0.304 bits per heavy atom. The minimum Gasteiger partial charge on any atom is -0.507 e. The maximum atomic E-state index is 11.4. The van der Waals surface area contributed by atoms with Crippen LogP contribution in [0.15, 0.2) is 285 Å². The van der Waals surface area contributed by atoms with Crippen LogP contribution in [-0.4, -0.2) is 39.3 Å². The number of nitrogens with zero attached hydrogens (tertiary/aromatic N) is 6. The molecule has 2 aliphatic carbocycles. The normalized spacial score (nSPS) is 13.1. The Labute approximate surface area is 686 Å². The molecule has 560 valence electrons. The molecule has 0 atom stereocenters. The molecule has 0 saturated carbocycles. The van der Waals surface area contributed by atoms with E-state index < -0.39 is 0 Å². The van der Waals surface area contributed by atoms with Gasteiger partial charge in [0.05, 0.1) is 44.6 Å². The van der Waals surface area contributed by atoms with Crippen LogP contribution in [0.4, 0.5) is 0 Å². The van der Waals surface area contributed by atoms with Gasteiger partial charge in [-0.25, -0.2) is 9.97 Å². The fraction of sp³-hybridized carbons (Fsp3) is 0.176. The van der Waals surface area contributed by atoms with E-state index in [-0.39, 0.29) is 80.7 Å². The summed E-state index contributed by atoms with van der Waals surface area (Å²) >= 11 is 0. The SMILES string of the molecule is CC(C)(C)c1cc(-c2cc3c(cn2)-c2ccccc2C3(C)C)[c-]c(-c2cccc3c2nc(-c2ccccc2O)n3-c2ccc(C(C)(C)C)cc2-c2ccccc2)c1.CC(C)(C)c1ccc(-n2c(-c3ccccc3O)nc3c(-c4[c-]c(-c5cc6c(cn5)-c5ccccc5C6(C)C)ccc4)cccc32)c(-c2ccccc2)c1.[Pt].[Pt]. The summed E-state index contributed by atoms with van der Waals surface area (Å²) in [5.74, 6) is 1.70. The number of imidazole rings is 2. The zero-order valence-corrected chi connectivity index (χ0v) is 69.9. The second-order valence-corrected chi connectivity index (χ2v) is 33.6. The Bertz CT molecular complexity index is 6320. The molecular formula is C102H88N6O2Pt2-2. The molecule has 0 bridgehead atoms. The van der Waals surface area contributed by atoms with E-state index in [0.29, 0.717) is 22.8 Å². The number of phenolic OH excluding ortho intramolecular Hbond substituents is 2. The molecule has 16 aromatic rings. The molecule has 10 heteroatoms. The van der Waals surface area contributed by atoms with Gasteiger partial charge in [-0.3, -0.25) is 19.1 Å². The van der Waals surface area contributed by atoms with Crippen LogP contribution < -0.4 is 0 Å². The van der Waals surface area contributed by atoms with Crippen molar-refractivity contribution in [2.75, 3.05) is 0 Å². The largest absolute Gasteiger partial charge is 0.507 e. The van der Waals surface area contributed by atoms with E-state index in [1.54, 1.807) is 12.1 Å². The molecule has 0 amide bonds. The minimum absolute atomic E-state index is 0. The Morgan fingerprint density at radius 2 is 0.670 bits per heavy atom. The minimum atomic E-state index is -0.143. The van der Waals surface area contributed by atoms with E-state index in [2.05, 4.69) is 330 Å². The maximum absolute atomic E-state index is 11.4. The Hall–Kier alpha value is -11.1. The van der Waals surface area contributed by atoms with Crippen LogP contribution in [-0.2, 0) is 69.2 Å². The molecular weight excluding hydrogens is 1730 g/mol. The summed E-state index contributed by atoms with van der Waals surface area (Å²) in [6.07, 6.45) is 4.07. The Morgan fingerprint density at radius 3 is 1.12 bits per heavy atom. The van der Waals surface area contributed by atoms with Crippen LogP contribution in [0.2, 0.25) is 0 Å². The quantitative estimate of drug-likeness (QED) is 0.132. The molecule has 112 heavy (non-hydrogen) atoms. The number of para-hydroxylation sites is 4. The third kappa shape index (κ3) is 13.5. The summed E-state index contributed by atoms with van der Waals surface area (Å²) in [7, 11) is 0. The van der Waals surface area contributed by atoms with E-state index >= 15 is 0 Å². The molecule has 12 aromatic carbocycles. The van der Waals surface area contributed by atoms with Gasteiger partial charge in [-0.1, -0.05) is 294 Å². The number of fused-ring (bicyclic) bond motifs is 8. The van der Waals surface area contributed by atoms with Crippen LogP contribution in [0.3, 0.4) is 0 Å². The van der Waals surface area contributed by atoms with Gasteiger partial charge in [0.15, 0.2) is 0 Å². The van der Waals surface area contributed by atoms with Crippen molar-refractivity contribution in [3.63, 3.8) is 0 Å². The molecule has 4 heterocycles. The summed E-state index contributed by atoms with van der Waals surface area (Å²) < 4.78 is 4.42. The van der Waals surface area contributed by atoms with Crippen molar-refractivity contribution < 1.29 is 52.3 Å². The topological polar surface area (TPSA) is 102 Å². The first-order valence-electron chi connectivity index (χ1n) is 38.1. The number of rotatable bonds is 10. The first-order valence-corrected chi connectivity index (χ1v) is 38.1. The monoisotopic (exact) mass is 1820 g/mol. The molecule has 0 fully saturated rings. The molecule has 18 rings (SSSR count). The van der Waals surface area contributed by atoms with Crippen molar-refractivity contribution >= 4 is 22.1 Å². The molecule has 0 spiro atoms. The van der Waals surface area contributed by atoms with E-state index in [1.165, 1.54) is 61.2 Å². The fourth-order valence-electron chi connectivity index (χ4n) is 16.4. The zero-order chi connectivity index (χ0) is 76.3. The average Bonchev–Trinajstić information content (AvgIpc) is 1.59. The summed E-state index contributed by atoms with van der Waals surface area (Å²) in [5, 5.41) is 22.6. The van der Waals surface area contributed by atoms with Crippen molar-refractivity contribution in [2.45, 2.75) is 117 Å². The number of aromatic nitrogens is 6. The molecule has 2 aliphatic rings. The van der Waals surface area contributed by atoms with Crippen LogP contribution >= 0.6 is 0 Å². The number of aromatic hydroxyl groups is 2. The van der Waals surface area contributed by atoms with Crippen molar-refractivity contribution in [3.8, 4) is 135 Å². The predicted molar refractivity (Wildman–Crippen MR) is 453 cm³/mol. The standard InChI is InChI=1S/C53H48N3O.C49H40N3O.2Pt/c1-51(2,3)36-25-26-46(41(30-36)33-17-10-9-11-18-33)56-47-23-16-21-38(49(47)55-50(56)40-20-13-15-24-48(40)57)34-27-35(29-37(28-34)52(4,5)6)45-31-44-42(32-54-45)39-19-12-14-22-43(39)53(44,7)8;1-48(2,3)34-25-26-43(38(28-34)31-15-7-6-8-16-31)52-44-23-14-21-35(46(44)51-47(52)37-20-10-12-24-45(37)53)32-17-13-18-33(27-32)42-29-41-39(30-50-42)36-19-9-11-22-40(36)49(41,4)5;;/h9-26,28-32,57H,1-8H3;6-26,28-30,53H,1-5H3;;/q2*-1;;. The molecule has 4 aromatic heterocycles. The predicted octanol–water partition coefficient (Wildman–Crippen LogP) is 25.7. The zero-order valence-electron chi connectivity index (χ0n) is 65.3. The van der Waals surface area contributed by atoms with E-state index in [4.69, 9.17) is 19.9 Å². The number of hydrogen-bond acceptors (Lipinski definition) is 6. The van der Waals surface area contributed by atoms with E-state index in [9.17, 15) is 10.2 Å². The second kappa shape index (κ2) is 29.2. The fourth-order valence-corrected chi connectivity index (χ4v) is 16.4. The van der Waals surface area contributed by atoms with Gasteiger partial charge in [-0.05, 0) is 133 Å². The number of pyridine rings is 2. The van der Waals surface area contributed by atoms with Gasteiger partial charge in [0.2, 0.25) is 0 Å². The van der Waals surface area contributed by atoms with Crippen molar-refractivity contribution in [1.82, 2.24) is 29.1 Å². The van der Waals surface area contributed by atoms with Gasteiger partial charge in [0.1, 0.15) is 23.1 Å². The van der Waals surface area contributed by atoms with Gasteiger partial charge in [-0.2, -0.15) is 0 Å². The van der Waals surface area contributed by atoms with Crippen molar-refractivity contribution in [3.05, 3.63) is 336 Å². The van der Waals surface area contributed by atoms with Gasteiger partial charge in [0, 0.05) is 99.0 Å². The molecule has 0 saturated heterocycles. The van der Waals surface area contributed by atoms with Gasteiger partial charge >= 0.3 is 0 Å². The van der Waals surface area contributed by atoms with Crippen LogP contribution in [0.25, 0.3) is 145 Å². The van der Waals surface area contributed by atoms with Crippen LogP contribution in [0, 0.1) is 12.1 Å². The van der Waals surface area contributed by atoms with E-state index in [1.807, 2.05) is 54.9 Å². The van der Waals surface area contributed by atoms with Gasteiger partial charge < -0.3 is 10.2 Å². The molecule has 2 N–H and O–H groups in total. The first-order chi connectivity index (χ1) is 52.8. The molecule has 8 nitrogen and oxygen atoms in total. The molecule has 0 radical (unpaired) electrons. The summed E-state index contributed by atoms with van der Waals surface area (Å²) in [6, 6.07) is 102. The van der Waals surface area contributed by atoms with Crippen LogP contribution in [0.5, 0.6) is 11.5 Å². The summed E-state index contributed by atoms with van der Waals surface area (Å²) in [5.41, 5.74) is 32.1. The summed E-state index contributed by atoms with van der Waals surface area (Å²) in [4.78, 5) is 20.9. The third-order valence-electron chi connectivity index (χ3n) is 22.6. The second-order valence-electron chi connectivity index (χ2n) is 33.6. The number of hydrogen-bond donors (Lipinski definition) is 2. The van der Waals surface area contributed by atoms with Gasteiger partial charge in [-0.15, -0.1) is 59.2 Å². The van der Waals surface area contributed by atoms with Gasteiger partial charge in [0.25, 0.3) is 0 Å². The van der Waals surface area contributed by atoms with Crippen molar-refractivity contribution in [2.24, 2.45) is 0 Å².